The predicted molar refractivity (Wildman–Crippen MR) is 119 cm³/mol. The lowest BCUT2D eigenvalue weighted by Crippen LogP contribution is -2.07. The van der Waals surface area contributed by atoms with E-state index in [2.05, 4.69) is 6.92 Å². The van der Waals surface area contributed by atoms with Gasteiger partial charge in [-0.2, -0.15) is 0 Å². The molecule has 0 fully saturated rings. The lowest BCUT2D eigenvalue weighted by atomic mass is 10.1. The smallest absolute Gasteiger partial charge is 0.305 e. The molecule has 0 N–H and O–H groups in total. The van der Waals surface area contributed by atoms with Gasteiger partial charge < -0.3 is 9.47 Å². The zero-order chi connectivity index (χ0) is 21.3. The number of ether oxygens (including phenoxy) is 2. The molecule has 1 aromatic carbocycles. The molecule has 6 heteroatoms. The molecule has 0 saturated heterocycles. The molecule has 1 rings (SSSR count). The average molecular weight is 445 g/mol. The van der Waals surface area contributed by atoms with Crippen LogP contribution in [0, 0.1) is 0 Å². The maximum atomic E-state index is 11.8. The Morgan fingerprint density at radius 2 is 1.38 bits per heavy atom. The van der Waals surface area contributed by atoms with Crippen LogP contribution in [0.15, 0.2) is 18.2 Å². The molecule has 164 valence electrons. The lowest BCUT2D eigenvalue weighted by molar-refractivity contribution is -0.144. The molecule has 0 amide bonds. The second-order valence-electron chi connectivity index (χ2n) is 7.26. The molecule has 0 heterocycles. The summed E-state index contributed by atoms with van der Waals surface area (Å²) in [6, 6.07) is 5.32. The van der Waals surface area contributed by atoms with Gasteiger partial charge in [0.15, 0.2) is 0 Å². The highest BCUT2D eigenvalue weighted by Crippen LogP contribution is 2.21. The molecule has 0 saturated carbocycles. The first-order chi connectivity index (χ1) is 14.0. The van der Waals surface area contributed by atoms with Crippen LogP contribution >= 0.6 is 23.2 Å². The van der Waals surface area contributed by atoms with Crippen LogP contribution in [0.4, 0.5) is 0 Å². The van der Waals surface area contributed by atoms with Crippen LogP contribution < -0.4 is 0 Å². The van der Waals surface area contributed by atoms with Gasteiger partial charge in [0.2, 0.25) is 0 Å². The molecule has 0 bridgehead atoms. The molecule has 0 unspecified atom stereocenters. The van der Waals surface area contributed by atoms with E-state index < -0.39 is 0 Å². The van der Waals surface area contributed by atoms with Crippen molar-refractivity contribution in [1.29, 1.82) is 0 Å². The van der Waals surface area contributed by atoms with E-state index in [1.54, 1.807) is 12.1 Å². The Morgan fingerprint density at radius 1 is 0.793 bits per heavy atom. The third-order valence-corrected chi connectivity index (χ3v) is 5.26. The van der Waals surface area contributed by atoms with E-state index in [-0.39, 0.29) is 11.9 Å². The summed E-state index contributed by atoms with van der Waals surface area (Å²) in [6.07, 6.45) is 10.6. The van der Waals surface area contributed by atoms with Gasteiger partial charge in [-0.3, -0.25) is 9.59 Å². The van der Waals surface area contributed by atoms with Gasteiger partial charge in [0.05, 0.1) is 13.2 Å². The summed E-state index contributed by atoms with van der Waals surface area (Å²) in [6.45, 7) is 3.01. The number of rotatable bonds is 16. The van der Waals surface area contributed by atoms with E-state index >= 15 is 0 Å². The number of carbonyl (C=O) groups excluding carboxylic acids is 2. The van der Waals surface area contributed by atoms with Crippen LogP contribution in [0.25, 0.3) is 0 Å². The van der Waals surface area contributed by atoms with E-state index in [4.69, 9.17) is 32.7 Å². The minimum Gasteiger partial charge on any atom is -0.466 e. The van der Waals surface area contributed by atoms with Crippen molar-refractivity contribution in [3.05, 3.63) is 33.8 Å². The SMILES string of the molecule is CCCCCOC(=O)CCCCCCCCC(=O)OCCc1ccc(Cl)cc1Cl. The molecule has 4 nitrogen and oxygen atoms in total. The fourth-order valence-corrected chi connectivity index (χ4v) is 3.43. The maximum Gasteiger partial charge on any atom is 0.305 e. The Labute approximate surface area is 185 Å². The summed E-state index contributed by atoms with van der Waals surface area (Å²) in [5.74, 6) is -0.246. The lowest BCUT2D eigenvalue weighted by Gasteiger charge is -2.07. The topological polar surface area (TPSA) is 52.6 Å². The fraction of sp³-hybridized carbons (Fsp3) is 0.652. The zero-order valence-corrected chi connectivity index (χ0v) is 19.0. The van der Waals surface area contributed by atoms with E-state index in [0.717, 1.165) is 63.4 Å². The van der Waals surface area contributed by atoms with Gasteiger partial charge in [-0.25, -0.2) is 0 Å². The minimum absolute atomic E-state index is 0.0799. The molecular weight excluding hydrogens is 411 g/mol. The first kappa shape index (κ1) is 25.8. The predicted octanol–water partition coefficient (Wildman–Crippen LogP) is 6.93. The number of hydrogen-bond acceptors (Lipinski definition) is 4. The van der Waals surface area contributed by atoms with Crippen molar-refractivity contribution in [3.63, 3.8) is 0 Å². The number of esters is 2. The maximum absolute atomic E-state index is 11.8. The van der Waals surface area contributed by atoms with Crippen molar-refractivity contribution in [1.82, 2.24) is 0 Å². The highest BCUT2D eigenvalue weighted by molar-refractivity contribution is 6.35. The van der Waals surface area contributed by atoms with Crippen LogP contribution in [-0.4, -0.2) is 25.2 Å². The van der Waals surface area contributed by atoms with Gasteiger partial charge in [-0.1, -0.05) is 74.7 Å². The number of halogens is 2. The second kappa shape index (κ2) is 16.5. The zero-order valence-electron chi connectivity index (χ0n) is 17.5. The van der Waals surface area contributed by atoms with E-state index in [1.165, 1.54) is 0 Å². The summed E-state index contributed by atoms with van der Waals surface area (Å²) < 4.78 is 10.5. The quantitative estimate of drug-likeness (QED) is 0.204. The van der Waals surface area contributed by atoms with Crippen LogP contribution in [0.5, 0.6) is 0 Å². The molecule has 1 aromatic rings. The van der Waals surface area contributed by atoms with Crippen molar-refractivity contribution < 1.29 is 19.1 Å². The summed E-state index contributed by atoms with van der Waals surface area (Å²) in [4.78, 5) is 23.3. The van der Waals surface area contributed by atoms with Crippen molar-refractivity contribution in [2.45, 2.75) is 84.0 Å². The highest BCUT2D eigenvalue weighted by Gasteiger charge is 2.06. The molecular formula is C23H34Cl2O4. The monoisotopic (exact) mass is 444 g/mol. The molecule has 0 radical (unpaired) electrons. The van der Waals surface area contributed by atoms with Gasteiger partial charge in [0.25, 0.3) is 0 Å². The fourth-order valence-electron chi connectivity index (χ4n) is 2.93. The molecule has 0 aliphatic heterocycles. The Morgan fingerprint density at radius 3 is 1.97 bits per heavy atom. The number of unbranched alkanes of at least 4 members (excludes halogenated alkanes) is 7. The third kappa shape index (κ3) is 13.6. The number of benzene rings is 1. The molecule has 0 spiro atoms. The Hall–Kier alpha value is -1.26. The van der Waals surface area contributed by atoms with E-state index in [1.807, 2.05) is 6.07 Å². The van der Waals surface area contributed by atoms with Crippen molar-refractivity contribution in [2.24, 2.45) is 0 Å². The standard InChI is InChI=1S/C23H34Cl2O4/c1-2-3-10-16-28-22(26)11-8-6-4-5-7-9-12-23(27)29-17-15-19-13-14-20(24)18-21(19)25/h13-14,18H,2-12,15-17H2,1H3. The molecule has 0 atom stereocenters. The Bertz CT molecular complexity index is 605. The van der Waals surface area contributed by atoms with E-state index in [0.29, 0.717) is 42.5 Å². The number of carbonyl (C=O) groups is 2. The Balaban J connectivity index is 1.93. The summed E-state index contributed by atoms with van der Waals surface area (Å²) >= 11 is 12.0. The van der Waals surface area contributed by atoms with Gasteiger partial charge in [0, 0.05) is 29.3 Å². The highest BCUT2D eigenvalue weighted by atomic mass is 35.5. The van der Waals surface area contributed by atoms with Crippen molar-refractivity contribution >= 4 is 35.1 Å². The van der Waals surface area contributed by atoms with Crippen LogP contribution in [-0.2, 0) is 25.5 Å². The first-order valence-corrected chi connectivity index (χ1v) is 11.5. The van der Waals surface area contributed by atoms with Gasteiger partial charge in [-0.15, -0.1) is 0 Å². The van der Waals surface area contributed by atoms with Crippen molar-refractivity contribution in [3.8, 4) is 0 Å². The Kier molecular flexibility index (Phi) is 14.7. The minimum atomic E-state index is -0.166. The van der Waals surface area contributed by atoms with Gasteiger partial charge >= 0.3 is 11.9 Å². The van der Waals surface area contributed by atoms with Crippen molar-refractivity contribution in [2.75, 3.05) is 13.2 Å². The van der Waals surface area contributed by atoms with Crippen LogP contribution in [0.1, 0.15) is 83.1 Å². The molecule has 0 aliphatic carbocycles. The summed E-state index contributed by atoms with van der Waals surface area (Å²) in [5.41, 5.74) is 0.925. The van der Waals surface area contributed by atoms with Crippen LogP contribution in [0.2, 0.25) is 10.0 Å². The third-order valence-electron chi connectivity index (χ3n) is 4.67. The molecule has 0 aromatic heterocycles. The second-order valence-corrected chi connectivity index (χ2v) is 8.10. The number of hydrogen-bond donors (Lipinski definition) is 0. The van der Waals surface area contributed by atoms with E-state index in [9.17, 15) is 9.59 Å². The van der Waals surface area contributed by atoms with Gasteiger partial charge in [-0.05, 0) is 37.0 Å². The molecule has 29 heavy (non-hydrogen) atoms. The van der Waals surface area contributed by atoms with Gasteiger partial charge in [0.1, 0.15) is 0 Å². The average Bonchev–Trinajstić information content (AvgIpc) is 2.69. The first-order valence-electron chi connectivity index (χ1n) is 10.8. The molecule has 0 aliphatic rings. The summed E-state index contributed by atoms with van der Waals surface area (Å²) in [5, 5.41) is 1.19. The van der Waals surface area contributed by atoms with Crippen LogP contribution in [0.3, 0.4) is 0 Å². The summed E-state index contributed by atoms with van der Waals surface area (Å²) in [7, 11) is 0. The largest absolute Gasteiger partial charge is 0.466 e. The normalized spacial score (nSPS) is 10.7.